The molecule has 0 radical (unpaired) electrons. The summed E-state index contributed by atoms with van der Waals surface area (Å²) in [6.07, 6.45) is 0.191. The first-order chi connectivity index (χ1) is 9.90. The standard InChI is InChI=1S/C12H13ClN4O4/c13-8-5-7(6-9(11(8)14)17(20)21)12(19)16-3-1-10(18)15-2-4-16/h5-6H,1-4,14H2,(H,15,18). The topological polar surface area (TPSA) is 119 Å². The molecule has 0 saturated carbocycles. The second-order valence-corrected chi connectivity index (χ2v) is 4.95. The zero-order valence-electron chi connectivity index (χ0n) is 11.0. The van der Waals surface area contributed by atoms with Gasteiger partial charge in [0.25, 0.3) is 11.6 Å². The number of nitrogen functional groups attached to an aromatic ring is 1. The lowest BCUT2D eigenvalue weighted by atomic mass is 10.1. The number of nitro groups is 1. The number of amides is 2. The Morgan fingerprint density at radius 3 is 2.81 bits per heavy atom. The molecule has 0 spiro atoms. The summed E-state index contributed by atoms with van der Waals surface area (Å²) in [5.41, 5.74) is 5.02. The molecule has 1 heterocycles. The van der Waals surface area contributed by atoms with Crippen LogP contribution in [0.1, 0.15) is 16.8 Å². The Morgan fingerprint density at radius 2 is 2.14 bits per heavy atom. The van der Waals surface area contributed by atoms with E-state index in [0.717, 1.165) is 6.07 Å². The van der Waals surface area contributed by atoms with E-state index in [4.69, 9.17) is 17.3 Å². The molecule has 2 amide bonds. The maximum absolute atomic E-state index is 12.4. The second-order valence-electron chi connectivity index (χ2n) is 4.54. The number of halogens is 1. The predicted molar refractivity (Wildman–Crippen MR) is 76.0 cm³/mol. The lowest BCUT2D eigenvalue weighted by Crippen LogP contribution is -2.34. The number of anilines is 1. The van der Waals surface area contributed by atoms with Crippen molar-refractivity contribution in [1.29, 1.82) is 0 Å². The largest absolute Gasteiger partial charge is 0.392 e. The summed E-state index contributed by atoms with van der Waals surface area (Å²) < 4.78 is 0. The molecule has 21 heavy (non-hydrogen) atoms. The summed E-state index contributed by atoms with van der Waals surface area (Å²) in [5, 5.41) is 13.5. The molecular weight excluding hydrogens is 300 g/mol. The van der Waals surface area contributed by atoms with Crippen LogP contribution in [0.5, 0.6) is 0 Å². The number of carbonyl (C=O) groups is 2. The van der Waals surface area contributed by atoms with Crippen molar-refractivity contribution in [1.82, 2.24) is 10.2 Å². The number of hydrogen-bond donors (Lipinski definition) is 2. The van der Waals surface area contributed by atoms with Crippen LogP contribution >= 0.6 is 11.6 Å². The number of nitro benzene ring substituents is 1. The first-order valence-corrected chi connectivity index (χ1v) is 6.57. The molecule has 2 rings (SSSR count). The van der Waals surface area contributed by atoms with Crippen molar-refractivity contribution in [3.05, 3.63) is 32.8 Å². The van der Waals surface area contributed by atoms with Gasteiger partial charge in [0.15, 0.2) is 0 Å². The monoisotopic (exact) mass is 312 g/mol. The van der Waals surface area contributed by atoms with Gasteiger partial charge in [-0.15, -0.1) is 0 Å². The van der Waals surface area contributed by atoms with Crippen molar-refractivity contribution in [2.24, 2.45) is 0 Å². The minimum atomic E-state index is -0.689. The fourth-order valence-corrected chi connectivity index (χ4v) is 2.24. The molecular formula is C12H13ClN4O4. The van der Waals surface area contributed by atoms with Crippen LogP contribution in [0.15, 0.2) is 12.1 Å². The molecule has 1 fully saturated rings. The van der Waals surface area contributed by atoms with Crippen LogP contribution in [-0.2, 0) is 4.79 Å². The van der Waals surface area contributed by atoms with E-state index in [9.17, 15) is 19.7 Å². The first kappa shape index (κ1) is 15.0. The Balaban J connectivity index is 2.30. The van der Waals surface area contributed by atoms with Crippen molar-refractivity contribution in [2.45, 2.75) is 6.42 Å². The van der Waals surface area contributed by atoms with Gasteiger partial charge in [0, 0.05) is 37.7 Å². The van der Waals surface area contributed by atoms with Gasteiger partial charge in [-0.25, -0.2) is 0 Å². The summed E-state index contributed by atoms with van der Waals surface area (Å²) in [4.78, 5) is 35.3. The van der Waals surface area contributed by atoms with E-state index < -0.39 is 16.5 Å². The van der Waals surface area contributed by atoms with Crippen molar-refractivity contribution in [3.63, 3.8) is 0 Å². The van der Waals surface area contributed by atoms with Crippen molar-refractivity contribution in [2.75, 3.05) is 25.4 Å². The predicted octanol–water partition coefficient (Wildman–Crippen LogP) is 0.792. The highest BCUT2D eigenvalue weighted by Gasteiger charge is 2.24. The summed E-state index contributed by atoms with van der Waals surface area (Å²) in [6, 6.07) is 2.40. The van der Waals surface area contributed by atoms with Gasteiger partial charge >= 0.3 is 0 Å². The molecule has 0 aromatic heterocycles. The second kappa shape index (κ2) is 5.96. The number of nitrogens with zero attached hydrogens (tertiary/aromatic N) is 2. The highest BCUT2D eigenvalue weighted by molar-refractivity contribution is 6.34. The van der Waals surface area contributed by atoms with Gasteiger partial charge in [-0.05, 0) is 6.07 Å². The van der Waals surface area contributed by atoms with E-state index in [-0.39, 0.29) is 35.1 Å². The molecule has 112 valence electrons. The summed E-state index contributed by atoms with van der Waals surface area (Å²) >= 11 is 5.83. The zero-order valence-corrected chi connectivity index (χ0v) is 11.7. The Labute approximate surface area is 125 Å². The van der Waals surface area contributed by atoms with Crippen LogP contribution < -0.4 is 11.1 Å². The molecule has 8 nitrogen and oxygen atoms in total. The molecule has 1 aromatic carbocycles. The highest BCUT2D eigenvalue weighted by atomic mass is 35.5. The Bertz CT molecular complexity index is 620. The minimum Gasteiger partial charge on any atom is -0.392 e. The Hall–Kier alpha value is -2.35. The van der Waals surface area contributed by atoms with Crippen LogP contribution in [0, 0.1) is 10.1 Å². The number of nitrogens with one attached hydrogen (secondary N) is 1. The molecule has 1 aliphatic rings. The number of benzene rings is 1. The Kier molecular flexibility index (Phi) is 4.27. The van der Waals surface area contributed by atoms with E-state index in [1.165, 1.54) is 11.0 Å². The molecule has 1 saturated heterocycles. The third-order valence-corrected chi connectivity index (χ3v) is 3.46. The lowest BCUT2D eigenvalue weighted by Gasteiger charge is -2.19. The SMILES string of the molecule is Nc1c(Cl)cc(C(=O)N2CCNC(=O)CC2)cc1[N+](=O)[O-]. The fraction of sp³-hybridized carbons (Fsp3) is 0.333. The first-order valence-electron chi connectivity index (χ1n) is 6.19. The average Bonchev–Trinajstić information content (AvgIpc) is 2.65. The molecule has 0 unspecified atom stereocenters. The van der Waals surface area contributed by atoms with E-state index in [1.54, 1.807) is 0 Å². The van der Waals surface area contributed by atoms with Gasteiger partial charge < -0.3 is 16.0 Å². The smallest absolute Gasteiger partial charge is 0.294 e. The van der Waals surface area contributed by atoms with E-state index in [1.807, 2.05) is 0 Å². The van der Waals surface area contributed by atoms with E-state index in [2.05, 4.69) is 5.32 Å². The zero-order chi connectivity index (χ0) is 15.6. The minimum absolute atomic E-state index is 0.0448. The van der Waals surface area contributed by atoms with Gasteiger partial charge in [0.05, 0.1) is 9.95 Å². The molecule has 0 bridgehead atoms. The van der Waals surface area contributed by atoms with Crippen molar-refractivity contribution >= 4 is 34.8 Å². The van der Waals surface area contributed by atoms with Crippen LogP contribution in [0.25, 0.3) is 0 Å². The van der Waals surface area contributed by atoms with Gasteiger partial charge in [0.1, 0.15) is 5.69 Å². The third-order valence-electron chi connectivity index (χ3n) is 3.15. The van der Waals surface area contributed by atoms with Crippen molar-refractivity contribution in [3.8, 4) is 0 Å². The van der Waals surface area contributed by atoms with Crippen LogP contribution in [-0.4, -0.2) is 41.3 Å². The summed E-state index contributed by atoms with van der Waals surface area (Å²) in [5.74, 6) is -0.553. The quantitative estimate of drug-likeness (QED) is 0.475. The molecule has 9 heteroatoms. The van der Waals surface area contributed by atoms with Gasteiger partial charge in [-0.3, -0.25) is 19.7 Å². The molecule has 0 atom stereocenters. The summed E-state index contributed by atoms with van der Waals surface area (Å²) in [7, 11) is 0. The fourth-order valence-electron chi connectivity index (χ4n) is 2.03. The maximum Gasteiger partial charge on any atom is 0.294 e. The highest BCUT2D eigenvalue weighted by Crippen LogP contribution is 2.31. The number of hydrogen-bond acceptors (Lipinski definition) is 5. The molecule has 0 aliphatic carbocycles. The molecule has 1 aromatic rings. The number of nitrogens with two attached hydrogens (primary N) is 1. The van der Waals surface area contributed by atoms with E-state index in [0.29, 0.717) is 13.1 Å². The third kappa shape index (κ3) is 3.22. The lowest BCUT2D eigenvalue weighted by molar-refractivity contribution is -0.383. The van der Waals surface area contributed by atoms with Crippen LogP contribution in [0.2, 0.25) is 5.02 Å². The maximum atomic E-state index is 12.4. The summed E-state index contributed by atoms with van der Waals surface area (Å²) in [6.45, 7) is 0.927. The Morgan fingerprint density at radius 1 is 1.43 bits per heavy atom. The number of rotatable bonds is 2. The van der Waals surface area contributed by atoms with E-state index >= 15 is 0 Å². The van der Waals surface area contributed by atoms with Crippen LogP contribution in [0.4, 0.5) is 11.4 Å². The van der Waals surface area contributed by atoms with Gasteiger partial charge in [0.2, 0.25) is 5.91 Å². The van der Waals surface area contributed by atoms with Gasteiger partial charge in [-0.1, -0.05) is 11.6 Å². The molecule has 1 aliphatic heterocycles. The molecule has 3 N–H and O–H groups in total. The van der Waals surface area contributed by atoms with Crippen LogP contribution in [0.3, 0.4) is 0 Å². The van der Waals surface area contributed by atoms with Crippen molar-refractivity contribution < 1.29 is 14.5 Å². The number of carbonyl (C=O) groups excluding carboxylic acids is 2. The normalized spacial score (nSPS) is 15.3. The average molecular weight is 313 g/mol. The van der Waals surface area contributed by atoms with Gasteiger partial charge in [-0.2, -0.15) is 0 Å².